The lowest BCUT2D eigenvalue weighted by Gasteiger charge is -2.36. The summed E-state index contributed by atoms with van der Waals surface area (Å²) in [5.74, 6) is 0.850. The van der Waals surface area contributed by atoms with Crippen LogP contribution >= 0.6 is 0 Å². The molecule has 0 unspecified atom stereocenters. The molecule has 2 aromatic carbocycles. The van der Waals surface area contributed by atoms with Crippen LogP contribution < -0.4 is 10.5 Å². The summed E-state index contributed by atoms with van der Waals surface area (Å²) < 4.78 is 31.9. The van der Waals surface area contributed by atoms with Crippen molar-refractivity contribution in [2.75, 3.05) is 19.3 Å². The largest absolute Gasteiger partial charge is 0.489 e. The van der Waals surface area contributed by atoms with Gasteiger partial charge in [0.15, 0.2) is 0 Å². The van der Waals surface area contributed by atoms with Gasteiger partial charge < -0.3 is 10.5 Å². The van der Waals surface area contributed by atoms with Crippen molar-refractivity contribution in [3.8, 4) is 5.75 Å². The molecule has 1 aliphatic rings. The van der Waals surface area contributed by atoms with Crippen molar-refractivity contribution in [2.24, 2.45) is 5.73 Å². The van der Waals surface area contributed by atoms with Gasteiger partial charge in [-0.15, -0.1) is 0 Å². The molecule has 0 saturated carbocycles. The average molecular weight is 360 g/mol. The van der Waals surface area contributed by atoms with Crippen LogP contribution in [0.25, 0.3) is 0 Å². The molecule has 2 aromatic rings. The number of benzene rings is 2. The third kappa shape index (κ3) is 4.60. The van der Waals surface area contributed by atoms with Crippen molar-refractivity contribution < 1.29 is 13.2 Å². The third-order valence-corrected chi connectivity index (χ3v) is 5.79. The van der Waals surface area contributed by atoms with Gasteiger partial charge in [-0.2, -0.15) is 4.31 Å². The fraction of sp³-hybridized carbons (Fsp3) is 0.368. The first-order valence-electron chi connectivity index (χ1n) is 8.41. The van der Waals surface area contributed by atoms with Crippen molar-refractivity contribution in [3.63, 3.8) is 0 Å². The van der Waals surface area contributed by atoms with Gasteiger partial charge in [0, 0.05) is 19.0 Å². The summed E-state index contributed by atoms with van der Waals surface area (Å²) in [4.78, 5) is 0. The van der Waals surface area contributed by atoms with Crippen molar-refractivity contribution in [1.29, 1.82) is 0 Å². The van der Waals surface area contributed by atoms with E-state index in [2.05, 4.69) is 0 Å². The predicted molar refractivity (Wildman–Crippen MR) is 99.0 cm³/mol. The molecule has 1 saturated heterocycles. The summed E-state index contributed by atoms with van der Waals surface area (Å²) >= 11 is 0. The Kier molecular flexibility index (Phi) is 5.42. The maximum Gasteiger partial charge on any atom is 0.211 e. The lowest BCUT2D eigenvalue weighted by Crippen LogP contribution is -2.47. The molecule has 0 radical (unpaired) electrons. The van der Waals surface area contributed by atoms with Gasteiger partial charge in [-0.3, -0.25) is 0 Å². The fourth-order valence-electron chi connectivity index (χ4n) is 3.27. The predicted octanol–water partition coefficient (Wildman–Crippen LogP) is 2.34. The van der Waals surface area contributed by atoms with Gasteiger partial charge in [-0.1, -0.05) is 42.5 Å². The molecular weight excluding hydrogens is 336 g/mol. The zero-order valence-corrected chi connectivity index (χ0v) is 15.2. The normalized spacial score (nSPS) is 21.8. The standard InChI is InChI=1S/C19H24N2O3S/c1-25(22,23)21-13-17(16-7-3-2-4-8-16)11-19(14-21)24-18-9-5-6-15(10-18)12-20/h2-10,17,19H,11-14,20H2,1H3/t17-,19+/m1/s1. The molecule has 1 fully saturated rings. The zero-order chi connectivity index (χ0) is 17.9. The van der Waals surface area contributed by atoms with Crippen LogP contribution in [-0.2, 0) is 16.6 Å². The van der Waals surface area contributed by atoms with Crippen molar-refractivity contribution in [3.05, 3.63) is 65.7 Å². The summed E-state index contributed by atoms with van der Waals surface area (Å²) in [6.45, 7) is 1.31. The van der Waals surface area contributed by atoms with E-state index in [1.165, 1.54) is 10.6 Å². The molecule has 5 nitrogen and oxygen atoms in total. The van der Waals surface area contributed by atoms with E-state index in [4.69, 9.17) is 10.5 Å². The Morgan fingerprint density at radius 1 is 1.12 bits per heavy atom. The van der Waals surface area contributed by atoms with Gasteiger partial charge in [0.25, 0.3) is 0 Å². The first-order valence-corrected chi connectivity index (χ1v) is 10.3. The highest BCUT2D eigenvalue weighted by Crippen LogP contribution is 2.30. The van der Waals surface area contributed by atoms with Crippen LogP contribution in [0.3, 0.4) is 0 Å². The molecule has 25 heavy (non-hydrogen) atoms. The van der Waals surface area contributed by atoms with Gasteiger partial charge >= 0.3 is 0 Å². The number of nitrogens with zero attached hydrogens (tertiary/aromatic N) is 1. The van der Waals surface area contributed by atoms with Crippen LogP contribution in [0, 0.1) is 0 Å². The number of ether oxygens (including phenoxy) is 1. The summed E-state index contributed by atoms with van der Waals surface area (Å²) in [5, 5.41) is 0. The Hall–Kier alpha value is -1.89. The van der Waals surface area contributed by atoms with Gasteiger partial charge in [0.2, 0.25) is 10.0 Å². The summed E-state index contributed by atoms with van der Waals surface area (Å²) in [5.41, 5.74) is 7.82. The molecule has 0 aromatic heterocycles. The summed E-state index contributed by atoms with van der Waals surface area (Å²) in [6, 6.07) is 17.7. The second-order valence-corrected chi connectivity index (χ2v) is 8.50. The van der Waals surface area contributed by atoms with Gasteiger partial charge in [-0.05, 0) is 29.7 Å². The monoisotopic (exact) mass is 360 g/mol. The molecule has 1 heterocycles. The number of hydrogen-bond donors (Lipinski definition) is 1. The quantitative estimate of drug-likeness (QED) is 0.888. The molecule has 0 bridgehead atoms. The minimum absolute atomic E-state index is 0.118. The van der Waals surface area contributed by atoms with Crippen LogP contribution in [0.4, 0.5) is 0 Å². The molecule has 0 aliphatic carbocycles. The zero-order valence-electron chi connectivity index (χ0n) is 14.3. The highest BCUT2D eigenvalue weighted by molar-refractivity contribution is 7.88. The maximum atomic E-state index is 12.1. The van der Waals surface area contributed by atoms with E-state index >= 15 is 0 Å². The summed E-state index contributed by atoms with van der Waals surface area (Å²) in [6.07, 6.45) is 1.84. The smallest absolute Gasteiger partial charge is 0.211 e. The molecule has 6 heteroatoms. The number of piperidine rings is 1. The Balaban J connectivity index is 1.82. The molecule has 2 atom stereocenters. The molecule has 0 spiro atoms. The van der Waals surface area contributed by atoms with Crippen LogP contribution in [0.15, 0.2) is 54.6 Å². The fourth-order valence-corrected chi connectivity index (χ4v) is 4.16. The first-order chi connectivity index (χ1) is 12.0. The highest BCUT2D eigenvalue weighted by Gasteiger charge is 2.33. The van der Waals surface area contributed by atoms with Crippen molar-refractivity contribution in [2.45, 2.75) is 25.0 Å². The SMILES string of the molecule is CS(=O)(=O)N1C[C@@H](Oc2cccc(CN)c2)C[C@@H](c2ccccc2)C1. The summed E-state index contributed by atoms with van der Waals surface area (Å²) in [7, 11) is -3.27. The minimum atomic E-state index is -3.27. The number of nitrogens with two attached hydrogens (primary N) is 1. The molecule has 0 amide bonds. The Bertz CT molecular complexity index is 808. The van der Waals surface area contributed by atoms with Crippen LogP contribution in [0.1, 0.15) is 23.5 Å². The van der Waals surface area contributed by atoms with E-state index in [0.717, 1.165) is 23.3 Å². The molecule has 3 rings (SSSR count). The van der Waals surface area contributed by atoms with Crippen LogP contribution in [-0.4, -0.2) is 38.2 Å². The lowest BCUT2D eigenvalue weighted by atomic mass is 9.90. The van der Waals surface area contributed by atoms with E-state index in [0.29, 0.717) is 19.6 Å². The second kappa shape index (κ2) is 7.56. The van der Waals surface area contributed by atoms with E-state index in [-0.39, 0.29) is 12.0 Å². The van der Waals surface area contributed by atoms with Crippen LogP contribution in [0.5, 0.6) is 5.75 Å². The Morgan fingerprint density at radius 3 is 2.56 bits per heavy atom. The van der Waals surface area contributed by atoms with Gasteiger partial charge in [0.05, 0.1) is 12.8 Å². The van der Waals surface area contributed by atoms with Gasteiger partial charge in [-0.25, -0.2) is 8.42 Å². The maximum absolute atomic E-state index is 12.1. The minimum Gasteiger partial charge on any atom is -0.489 e. The van der Waals surface area contributed by atoms with Crippen molar-refractivity contribution >= 4 is 10.0 Å². The number of rotatable bonds is 5. The Labute approximate surface area is 149 Å². The average Bonchev–Trinajstić information content (AvgIpc) is 2.61. The molecule has 1 aliphatic heterocycles. The Morgan fingerprint density at radius 2 is 1.88 bits per heavy atom. The molecular formula is C19H24N2O3S. The van der Waals surface area contributed by atoms with Gasteiger partial charge in [0.1, 0.15) is 11.9 Å². The second-order valence-electron chi connectivity index (χ2n) is 6.51. The van der Waals surface area contributed by atoms with E-state index in [1.54, 1.807) is 0 Å². The number of hydrogen-bond acceptors (Lipinski definition) is 4. The van der Waals surface area contributed by atoms with E-state index < -0.39 is 10.0 Å². The first kappa shape index (κ1) is 17.9. The third-order valence-electron chi connectivity index (χ3n) is 4.56. The lowest BCUT2D eigenvalue weighted by molar-refractivity contribution is 0.117. The molecule has 134 valence electrons. The molecule has 2 N–H and O–H groups in total. The topological polar surface area (TPSA) is 72.6 Å². The van der Waals surface area contributed by atoms with Crippen LogP contribution in [0.2, 0.25) is 0 Å². The van der Waals surface area contributed by atoms with E-state index in [1.807, 2.05) is 54.6 Å². The van der Waals surface area contributed by atoms with Crippen molar-refractivity contribution in [1.82, 2.24) is 4.31 Å². The highest BCUT2D eigenvalue weighted by atomic mass is 32.2. The number of sulfonamides is 1. The van der Waals surface area contributed by atoms with E-state index in [9.17, 15) is 8.42 Å².